The van der Waals surface area contributed by atoms with Crippen LogP contribution in [0.2, 0.25) is 0 Å². The first-order valence-electron chi connectivity index (χ1n) is 8.44. The van der Waals surface area contributed by atoms with Crippen LogP contribution in [0.1, 0.15) is 5.56 Å². The average Bonchev–Trinajstić information content (AvgIpc) is 2.66. The second kappa shape index (κ2) is 7.69. The van der Waals surface area contributed by atoms with Crippen LogP contribution in [-0.2, 0) is 10.0 Å². The quantitative estimate of drug-likeness (QED) is 0.811. The number of sulfonamides is 1. The van der Waals surface area contributed by atoms with Crippen molar-refractivity contribution in [3.63, 3.8) is 0 Å². The molecule has 2 N–H and O–H groups in total. The van der Waals surface area contributed by atoms with Crippen molar-refractivity contribution in [3.05, 3.63) is 47.5 Å². The Bertz CT molecular complexity index is 945. The third-order valence-corrected chi connectivity index (χ3v) is 5.81. The van der Waals surface area contributed by atoms with Crippen LogP contribution in [0.25, 0.3) is 0 Å². The maximum atomic E-state index is 13.9. The molecule has 2 aromatic carbocycles. The van der Waals surface area contributed by atoms with Crippen LogP contribution in [0.15, 0.2) is 35.2 Å². The molecule has 0 unspecified atom stereocenters. The van der Waals surface area contributed by atoms with E-state index >= 15 is 0 Å². The highest BCUT2D eigenvalue weighted by molar-refractivity contribution is 7.92. The molecule has 1 saturated heterocycles. The minimum absolute atomic E-state index is 0.0356. The molecule has 1 aliphatic rings. The van der Waals surface area contributed by atoms with E-state index in [2.05, 4.69) is 14.9 Å². The number of halogens is 2. The predicted molar refractivity (Wildman–Crippen MR) is 100.0 cm³/mol. The Morgan fingerprint density at radius 3 is 2.52 bits per heavy atom. The van der Waals surface area contributed by atoms with Gasteiger partial charge in [0.1, 0.15) is 0 Å². The van der Waals surface area contributed by atoms with Crippen molar-refractivity contribution in [1.29, 1.82) is 0 Å². The molecule has 9 heteroatoms. The maximum absolute atomic E-state index is 13.9. The molecule has 3 rings (SSSR count). The highest BCUT2D eigenvalue weighted by atomic mass is 32.2. The molecule has 27 heavy (non-hydrogen) atoms. The smallest absolute Gasteiger partial charge is 0.262 e. The normalized spacial score (nSPS) is 14.9. The number of hydrogen-bond acceptors (Lipinski definition) is 5. The lowest BCUT2D eigenvalue weighted by Crippen LogP contribution is -2.43. The van der Waals surface area contributed by atoms with Crippen LogP contribution in [0.5, 0.6) is 5.75 Å². The van der Waals surface area contributed by atoms with Crippen LogP contribution in [0.4, 0.5) is 20.2 Å². The zero-order valence-corrected chi connectivity index (χ0v) is 15.9. The van der Waals surface area contributed by atoms with Crippen molar-refractivity contribution in [1.82, 2.24) is 5.32 Å². The number of piperazine rings is 1. The summed E-state index contributed by atoms with van der Waals surface area (Å²) in [5, 5.41) is 3.25. The molecule has 0 saturated carbocycles. The van der Waals surface area contributed by atoms with Crippen LogP contribution >= 0.6 is 0 Å². The Morgan fingerprint density at radius 1 is 1.15 bits per heavy atom. The van der Waals surface area contributed by atoms with Gasteiger partial charge < -0.3 is 15.0 Å². The standard InChI is InChI=1S/C18H21F2N3O3S/c1-12-3-4-13(11-16(12)23-9-7-21-8-10-23)27(24,25)22-15-6-5-14(19)17(20)18(15)26-2/h3-6,11,21-22H,7-10H2,1-2H3. The van der Waals surface area contributed by atoms with Gasteiger partial charge in [-0.15, -0.1) is 0 Å². The van der Waals surface area contributed by atoms with Crippen molar-refractivity contribution in [2.75, 3.05) is 42.9 Å². The van der Waals surface area contributed by atoms with E-state index in [1.807, 2.05) is 6.92 Å². The fourth-order valence-electron chi connectivity index (χ4n) is 3.02. The molecule has 0 aliphatic carbocycles. The van der Waals surface area contributed by atoms with E-state index < -0.39 is 27.4 Å². The average molecular weight is 397 g/mol. The molecule has 0 spiro atoms. The number of methoxy groups -OCH3 is 1. The largest absolute Gasteiger partial charge is 0.491 e. The Labute approximate surface area is 157 Å². The van der Waals surface area contributed by atoms with Gasteiger partial charge in [-0.25, -0.2) is 12.8 Å². The Morgan fingerprint density at radius 2 is 1.85 bits per heavy atom. The summed E-state index contributed by atoms with van der Waals surface area (Å²) in [5.74, 6) is -2.86. The molecule has 146 valence electrons. The number of anilines is 2. The first-order valence-corrected chi connectivity index (χ1v) is 9.93. The summed E-state index contributed by atoms with van der Waals surface area (Å²) in [5.41, 5.74) is 1.62. The number of rotatable bonds is 5. The van der Waals surface area contributed by atoms with Gasteiger partial charge in [0, 0.05) is 31.9 Å². The SMILES string of the molecule is COc1c(NS(=O)(=O)c2ccc(C)c(N3CCNCC3)c2)ccc(F)c1F. The van der Waals surface area contributed by atoms with E-state index in [-0.39, 0.29) is 10.6 Å². The van der Waals surface area contributed by atoms with Gasteiger partial charge >= 0.3 is 0 Å². The summed E-state index contributed by atoms with van der Waals surface area (Å²) in [4.78, 5) is 2.15. The maximum Gasteiger partial charge on any atom is 0.262 e. The molecular formula is C18H21F2N3O3S. The van der Waals surface area contributed by atoms with E-state index in [0.29, 0.717) is 0 Å². The van der Waals surface area contributed by atoms with Gasteiger partial charge in [0.2, 0.25) is 5.82 Å². The molecule has 0 amide bonds. The second-order valence-electron chi connectivity index (χ2n) is 6.23. The summed E-state index contributed by atoms with van der Waals surface area (Å²) >= 11 is 0. The molecule has 1 aliphatic heterocycles. The summed E-state index contributed by atoms with van der Waals surface area (Å²) in [7, 11) is -2.87. The third kappa shape index (κ3) is 3.98. The van der Waals surface area contributed by atoms with Crippen LogP contribution in [0, 0.1) is 18.6 Å². The van der Waals surface area contributed by atoms with Crippen molar-refractivity contribution < 1.29 is 21.9 Å². The van der Waals surface area contributed by atoms with Gasteiger partial charge in [-0.2, -0.15) is 4.39 Å². The van der Waals surface area contributed by atoms with Crippen LogP contribution < -0.4 is 19.7 Å². The number of nitrogens with one attached hydrogen (secondary N) is 2. The molecule has 0 radical (unpaired) electrons. The molecule has 0 aromatic heterocycles. The third-order valence-electron chi connectivity index (χ3n) is 4.45. The molecule has 0 atom stereocenters. The van der Waals surface area contributed by atoms with E-state index in [4.69, 9.17) is 4.74 Å². The molecule has 1 fully saturated rings. The van der Waals surface area contributed by atoms with E-state index in [1.165, 1.54) is 6.07 Å². The minimum Gasteiger partial charge on any atom is -0.491 e. The van der Waals surface area contributed by atoms with E-state index in [9.17, 15) is 17.2 Å². The number of hydrogen-bond donors (Lipinski definition) is 2. The first-order chi connectivity index (χ1) is 12.8. The van der Waals surface area contributed by atoms with Crippen LogP contribution in [0.3, 0.4) is 0 Å². The van der Waals surface area contributed by atoms with Crippen molar-refractivity contribution in [3.8, 4) is 5.75 Å². The van der Waals surface area contributed by atoms with Crippen molar-refractivity contribution in [2.45, 2.75) is 11.8 Å². The summed E-state index contributed by atoms with van der Waals surface area (Å²) in [6.45, 7) is 5.10. The Hall–Kier alpha value is -2.39. The van der Waals surface area contributed by atoms with E-state index in [1.54, 1.807) is 12.1 Å². The van der Waals surface area contributed by atoms with Gasteiger partial charge in [-0.3, -0.25) is 4.72 Å². The lowest BCUT2D eigenvalue weighted by Gasteiger charge is -2.31. The topological polar surface area (TPSA) is 70.7 Å². The molecule has 6 nitrogen and oxygen atoms in total. The van der Waals surface area contributed by atoms with Crippen molar-refractivity contribution >= 4 is 21.4 Å². The monoisotopic (exact) mass is 397 g/mol. The number of nitrogens with zero attached hydrogens (tertiary/aromatic N) is 1. The number of benzene rings is 2. The zero-order chi connectivity index (χ0) is 19.6. The summed E-state index contributed by atoms with van der Waals surface area (Å²) in [6, 6.07) is 6.77. The highest BCUT2D eigenvalue weighted by Crippen LogP contribution is 2.32. The fraction of sp³-hybridized carbons (Fsp3) is 0.333. The van der Waals surface area contributed by atoms with Gasteiger partial charge in [0.25, 0.3) is 10.0 Å². The number of aryl methyl sites for hydroxylation is 1. The van der Waals surface area contributed by atoms with Gasteiger partial charge in [-0.1, -0.05) is 6.07 Å². The zero-order valence-electron chi connectivity index (χ0n) is 15.1. The number of ether oxygens (including phenoxy) is 1. The molecule has 0 bridgehead atoms. The van der Waals surface area contributed by atoms with Crippen molar-refractivity contribution in [2.24, 2.45) is 0 Å². The van der Waals surface area contributed by atoms with Gasteiger partial charge in [-0.05, 0) is 36.8 Å². The second-order valence-corrected chi connectivity index (χ2v) is 7.92. The molecule has 2 aromatic rings. The first kappa shape index (κ1) is 19.4. The van der Waals surface area contributed by atoms with Crippen LogP contribution in [-0.4, -0.2) is 41.7 Å². The lowest BCUT2D eigenvalue weighted by molar-refractivity contribution is 0.374. The minimum atomic E-state index is -4.01. The fourth-order valence-corrected chi connectivity index (χ4v) is 4.10. The summed E-state index contributed by atoms with van der Waals surface area (Å²) < 4.78 is 59.9. The Kier molecular flexibility index (Phi) is 5.52. The Balaban J connectivity index is 1.95. The van der Waals surface area contributed by atoms with E-state index in [0.717, 1.165) is 56.7 Å². The predicted octanol–water partition coefficient (Wildman–Crippen LogP) is 2.49. The van der Waals surface area contributed by atoms with Gasteiger partial charge in [0.05, 0.1) is 17.7 Å². The summed E-state index contributed by atoms with van der Waals surface area (Å²) in [6.07, 6.45) is 0. The lowest BCUT2D eigenvalue weighted by atomic mass is 10.1. The highest BCUT2D eigenvalue weighted by Gasteiger charge is 2.22. The molecular weight excluding hydrogens is 376 g/mol. The van der Waals surface area contributed by atoms with Gasteiger partial charge in [0.15, 0.2) is 11.6 Å². The molecule has 1 heterocycles.